The Morgan fingerprint density at radius 1 is 1.07 bits per heavy atom. The van der Waals surface area contributed by atoms with Gasteiger partial charge in [-0.2, -0.15) is 0 Å². The monoisotopic (exact) mass is 407 g/mol. The molecule has 9 nitrogen and oxygen atoms in total. The molecule has 0 aliphatic carbocycles. The van der Waals surface area contributed by atoms with Gasteiger partial charge in [-0.05, 0) is 25.0 Å². The first-order valence-electron chi connectivity index (χ1n) is 9.25. The van der Waals surface area contributed by atoms with Crippen molar-refractivity contribution in [1.29, 1.82) is 0 Å². The molecule has 1 amide bonds. The molecular weight excluding hydrogens is 386 g/mol. The van der Waals surface area contributed by atoms with Crippen molar-refractivity contribution in [1.82, 2.24) is 15.1 Å². The van der Waals surface area contributed by atoms with Crippen LogP contribution in [0.25, 0.3) is 0 Å². The summed E-state index contributed by atoms with van der Waals surface area (Å²) >= 11 is 0. The lowest BCUT2D eigenvalue weighted by molar-refractivity contribution is -0.128. The molecule has 0 bridgehead atoms. The Hall–Kier alpha value is -2.62. The van der Waals surface area contributed by atoms with Crippen molar-refractivity contribution < 1.29 is 27.1 Å². The molecule has 0 radical (unpaired) electrons. The number of amides is 1. The number of sulfone groups is 1. The number of nitrogens with zero attached hydrogens (tertiary/aromatic N) is 3. The second-order valence-corrected chi connectivity index (χ2v) is 8.69. The van der Waals surface area contributed by atoms with Gasteiger partial charge in [0.2, 0.25) is 21.8 Å². The molecule has 2 aliphatic rings. The molecule has 1 atom stereocenters. The fourth-order valence-corrected chi connectivity index (χ4v) is 4.26. The van der Waals surface area contributed by atoms with Crippen molar-refractivity contribution in [2.24, 2.45) is 0 Å². The number of carbonyl (C=O) groups excluding carboxylic acids is 1. The summed E-state index contributed by atoms with van der Waals surface area (Å²) in [5.41, 5.74) is 0. The first kappa shape index (κ1) is 18.7. The van der Waals surface area contributed by atoms with Crippen molar-refractivity contribution in [2.75, 3.05) is 25.4 Å². The van der Waals surface area contributed by atoms with E-state index in [4.69, 9.17) is 13.9 Å². The summed E-state index contributed by atoms with van der Waals surface area (Å²) in [7, 11) is -4.03. The maximum Gasteiger partial charge on any atom is 0.336 e. The summed E-state index contributed by atoms with van der Waals surface area (Å²) in [5, 5.41) is 6.84. The molecular formula is C18H21N3O6S. The standard InChI is InChI=1S/C18H21N3O6S/c22-16(21-9-5-1-2-6-10-21)12-28(23,24)18-20-19-17(27-18)15-11-25-13-7-3-4-8-14(13)26-15/h3-4,7-8,15H,1-2,5-6,9-12H2. The zero-order valence-electron chi connectivity index (χ0n) is 15.2. The van der Waals surface area contributed by atoms with Gasteiger partial charge in [0.15, 0.2) is 11.5 Å². The van der Waals surface area contributed by atoms with Crippen LogP contribution in [0.1, 0.15) is 37.7 Å². The van der Waals surface area contributed by atoms with Gasteiger partial charge in [0.1, 0.15) is 12.4 Å². The second kappa shape index (κ2) is 7.78. The highest BCUT2D eigenvalue weighted by Crippen LogP contribution is 2.35. The maximum atomic E-state index is 12.5. The minimum Gasteiger partial charge on any atom is -0.485 e. The normalized spacial score (nSPS) is 19.9. The summed E-state index contributed by atoms with van der Waals surface area (Å²) in [4.78, 5) is 14.0. The zero-order chi connectivity index (χ0) is 19.6. The van der Waals surface area contributed by atoms with Crippen molar-refractivity contribution in [3.63, 3.8) is 0 Å². The minimum atomic E-state index is -4.03. The van der Waals surface area contributed by atoms with Crippen LogP contribution in [-0.2, 0) is 14.6 Å². The topological polar surface area (TPSA) is 112 Å². The van der Waals surface area contributed by atoms with Crippen molar-refractivity contribution in [2.45, 2.75) is 37.0 Å². The first-order valence-corrected chi connectivity index (χ1v) is 10.9. The third-order valence-corrected chi connectivity index (χ3v) is 6.07. The lowest BCUT2D eigenvalue weighted by atomic mass is 10.2. The molecule has 1 aromatic heterocycles. The maximum absolute atomic E-state index is 12.5. The van der Waals surface area contributed by atoms with Gasteiger partial charge in [0.25, 0.3) is 5.89 Å². The quantitative estimate of drug-likeness (QED) is 0.754. The van der Waals surface area contributed by atoms with Gasteiger partial charge >= 0.3 is 5.22 Å². The third kappa shape index (κ3) is 3.96. The molecule has 1 saturated heterocycles. The van der Waals surface area contributed by atoms with E-state index in [1.165, 1.54) is 0 Å². The lowest BCUT2D eigenvalue weighted by Gasteiger charge is -2.23. The number of benzene rings is 1. The number of rotatable bonds is 4. The van der Waals surface area contributed by atoms with E-state index in [0.29, 0.717) is 24.6 Å². The average molecular weight is 407 g/mol. The van der Waals surface area contributed by atoms with Crippen molar-refractivity contribution in [3.8, 4) is 11.5 Å². The molecule has 0 spiro atoms. The highest BCUT2D eigenvalue weighted by molar-refractivity contribution is 7.91. The summed E-state index contributed by atoms with van der Waals surface area (Å²) in [6.45, 7) is 1.28. The van der Waals surface area contributed by atoms with Gasteiger partial charge in [0.05, 0.1) is 0 Å². The van der Waals surface area contributed by atoms with Crippen LogP contribution in [0.5, 0.6) is 11.5 Å². The molecule has 3 heterocycles. The van der Waals surface area contributed by atoms with E-state index in [0.717, 1.165) is 25.7 Å². The number of fused-ring (bicyclic) bond motifs is 1. The Morgan fingerprint density at radius 3 is 2.54 bits per heavy atom. The summed E-state index contributed by atoms with van der Waals surface area (Å²) in [6, 6.07) is 7.11. The van der Waals surface area contributed by atoms with Gasteiger partial charge in [-0.1, -0.05) is 30.1 Å². The van der Waals surface area contributed by atoms with Gasteiger partial charge in [-0.3, -0.25) is 4.79 Å². The number of likely N-dealkylation sites (tertiary alicyclic amines) is 1. The van der Waals surface area contributed by atoms with E-state index in [9.17, 15) is 13.2 Å². The van der Waals surface area contributed by atoms with E-state index in [2.05, 4.69) is 10.2 Å². The largest absolute Gasteiger partial charge is 0.485 e. The van der Waals surface area contributed by atoms with E-state index >= 15 is 0 Å². The van der Waals surface area contributed by atoms with Crippen LogP contribution in [0.2, 0.25) is 0 Å². The summed E-state index contributed by atoms with van der Waals surface area (Å²) in [5.74, 6) is -0.0190. The van der Waals surface area contributed by atoms with Crippen molar-refractivity contribution >= 4 is 15.7 Å². The van der Waals surface area contributed by atoms with Gasteiger partial charge < -0.3 is 18.8 Å². The van der Waals surface area contributed by atoms with Gasteiger partial charge in [-0.25, -0.2) is 8.42 Å². The van der Waals surface area contributed by atoms with Crippen LogP contribution in [0, 0.1) is 0 Å². The zero-order valence-corrected chi connectivity index (χ0v) is 16.1. The molecule has 2 aromatic rings. The SMILES string of the molecule is O=C(CS(=O)(=O)c1nnc(C2COc3ccccc3O2)o1)N1CCCCCC1. The van der Waals surface area contributed by atoms with Gasteiger partial charge in [-0.15, -0.1) is 5.10 Å². The molecule has 2 aliphatic heterocycles. The van der Waals surface area contributed by atoms with Crippen LogP contribution in [-0.4, -0.2) is 54.9 Å². The molecule has 4 rings (SSSR count). The Morgan fingerprint density at radius 2 is 1.79 bits per heavy atom. The van der Waals surface area contributed by atoms with Crippen LogP contribution in [0.4, 0.5) is 0 Å². The van der Waals surface area contributed by atoms with E-state index in [-0.39, 0.29) is 12.5 Å². The molecule has 150 valence electrons. The average Bonchev–Trinajstić information content (AvgIpc) is 3.04. The Kier molecular flexibility index (Phi) is 5.21. The fourth-order valence-electron chi connectivity index (χ4n) is 3.25. The highest BCUT2D eigenvalue weighted by Gasteiger charge is 2.32. The van der Waals surface area contributed by atoms with Gasteiger partial charge in [0, 0.05) is 13.1 Å². The number of para-hydroxylation sites is 2. The predicted octanol–water partition coefficient (Wildman–Crippen LogP) is 1.76. The minimum absolute atomic E-state index is 0.00435. The molecule has 1 unspecified atom stereocenters. The van der Waals surface area contributed by atoms with Crippen molar-refractivity contribution in [3.05, 3.63) is 30.2 Å². The lowest BCUT2D eigenvalue weighted by Crippen LogP contribution is -2.36. The fraction of sp³-hybridized carbons (Fsp3) is 0.500. The Balaban J connectivity index is 1.45. The van der Waals surface area contributed by atoms with E-state index in [1.54, 1.807) is 23.1 Å². The number of hydrogen-bond acceptors (Lipinski definition) is 8. The highest BCUT2D eigenvalue weighted by atomic mass is 32.2. The van der Waals surface area contributed by atoms with Crippen LogP contribution >= 0.6 is 0 Å². The number of carbonyl (C=O) groups is 1. The summed E-state index contributed by atoms with van der Waals surface area (Å²) < 4.78 is 41.8. The molecule has 0 saturated carbocycles. The first-order chi connectivity index (χ1) is 13.5. The van der Waals surface area contributed by atoms with E-state index in [1.807, 2.05) is 6.07 Å². The molecule has 1 aromatic carbocycles. The number of aromatic nitrogens is 2. The Labute approximate surface area is 162 Å². The smallest absolute Gasteiger partial charge is 0.336 e. The number of ether oxygens (including phenoxy) is 2. The molecule has 28 heavy (non-hydrogen) atoms. The van der Waals surface area contributed by atoms with E-state index < -0.39 is 32.8 Å². The van der Waals surface area contributed by atoms with Crippen LogP contribution in [0.3, 0.4) is 0 Å². The molecule has 10 heteroatoms. The second-order valence-electron chi connectivity index (χ2n) is 6.82. The van der Waals surface area contributed by atoms with Crippen LogP contribution in [0.15, 0.2) is 33.9 Å². The number of hydrogen-bond donors (Lipinski definition) is 0. The molecule has 1 fully saturated rings. The Bertz CT molecular complexity index is 950. The summed E-state index contributed by atoms with van der Waals surface area (Å²) in [6.07, 6.45) is 3.16. The molecule has 0 N–H and O–H groups in total. The predicted molar refractivity (Wildman–Crippen MR) is 96.7 cm³/mol. The van der Waals surface area contributed by atoms with Crippen LogP contribution < -0.4 is 9.47 Å². The third-order valence-electron chi connectivity index (χ3n) is 4.74.